The summed E-state index contributed by atoms with van der Waals surface area (Å²) < 4.78 is 0. The molecule has 1 fully saturated rings. The minimum absolute atomic E-state index is 0. The second kappa shape index (κ2) is 4.57. The van der Waals surface area contributed by atoms with Gasteiger partial charge in [0.2, 0.25) is 0 Å². The van der Waals surface area contributed by atoms with Gasteiger partial charge in [-0.05, 0) is 42.9 Å². The maximum Gasteiger partial charge on any atom is 0.254 e. The standard InChI is InChI=1S/C13H16N2O.ClH/c14-12-3-1-2-11-10(12)6-7-15(13(11)16)8-9-4-5-9;/h1-3,9H,4-8,14H2;1H. The molecule has 1 heterocycles. The van der Waals surface area contributed by atoms with Crippen LogP contribution in [0.1, 0.15) is 28.8 Å². The van der Waals surface area contributed by atoms with Gasteiger partial charge in [0.25, 0.3) is 5.91 Å². The molecule has 0 bridgehead atoms. The summed E-state index contributed by atoms with van der Waals surface area (Å²) >= 11 is 0. The van der Waals surface area contributed by atoms with Gasteiger partial charge in [-0.1, -0.05) is 6.07 Å². The molecule has 0 atom stereocenters. The van der Waals surface area contributed by atoms with E-state index in [9.17, 15) is 4.79 Å². The normalized spacial score (nSPS) is 18.6. The van der Waals surface area contributed by atoms with Crippen molar-refractivity contribution in [1.29, 1.82) is 0 Å². The fraction of sp³-hybridized carbons (Fsp3) is 0.462. The van der Waals surface area contributed by atoms with E-state index >= 15 is 0 Å². The average Bonchev–Trinajstić information content (AvgIpc) is 3.07. The number of amides is 1. The van der Waals surface area contributed by atoms with E-state index in [4.69, 9.17) is 5.73 Å². The fourth-order valence-corrected chi connectivity index (χ4v) is 2.39. The summed E-state index contributed by atoms with van der Waals surface area (Å²) in [5.74, 6) is 0.923. The lowest BCUT2D eigenvalue weighted by Gasteiger charge is -2.29. The molecule has 3 rings (SSSR count). The van der Waals surface area contributed by atoms with E-state index < -0.39 is 0 Å². The number of halogens is 1. The second-order valence-corrected chi connectivity index (χ2v) is 4.82. The number of anilines is 1. The van der Waals surface area contributed by atoms with Gasteiger partial charge in [-0.15, -0.1) is 12.4 Å². The molecule has 0 saturated heterocycles. The highest BCUT2D eigenvalue weighted by atomic mass is 35.5. The highest BCUT2D eigenvalue weighted by molar-refractivity contribution is 5.98. The van der Waals surface area contributed by atoms with Crippen molar-refractivity contribution >= 4 is 24.0 Å². The Hall–Kier alpha value is -1.22. The molecular weight excluding hydrogens is 236 g/mol. The van der Waals surface area contributed by atoms with E-state index in [1.165, 1.54) is 12.8 Å². The molecule has 1 saturated carbocycles. The van der Waals surface area contributed by atoms with Crippen LogP contribution in [0.15, 0.2) is 18.2 Å². The number of hydrogen-bond acceptors (Lipinski definition) is 2. The van der Waals surface area contributed by atoms with E-state index in [0.717, 1.165) is 42.2 Å². The zero-order valence-corrected chi connectivity index (χ0v) is 10.5. The fourth-order valence-electron chi connectivity index (χ4n) is 2.39. The minimum atomic E-state index is 0. The quantitative estimate of drug-likeness (QED) is 0.820. The summed E-state index contributed by atoms with van der Waals surface area (Å²) in [4.78, 5) is 14.2. The van der Waals surface area contributed by atoms with Crippen LogP contribution >= 0.6 is 12.4 Å². The molecule has 2 N–H and O–H groups in total. The summed E-state index contributed by atoms with van der Waals surface area (Å²) in [5, 5.41) is 0. The number of rotatable bonds is 2. The number of carbonyl (C=O) groups is 1. The van der Waals surface area contributed by atoms with E-state index in [-0.39, 0.29) is 18.3 Å². The Morgan fingerprint density at radius 3 is 2.82 bits per heavy atom. The number of fused-ring (bicyclic) bond motifs is 1. The first-order valence-electron chi connectivity index (χ1n) is 5.92. The van der Waals surface area contributed by atoms with Gasteiger partial charge in [-0.25, -0.2) is 0 Å². The van der Waals surface area contributed by atoms with Gasteiger partial charge in [0.15, 0.2) is 0 Å². The molecule has 4 heteroatoms. The predicted octanol–water partition coefficient (Wildman–Crippen LogP) is 2.10. The van der Waals surface area contributed by atoms with Crippen molar-refractivity contribution in [3.8, 4) is 0 Å². The summed E-state index contributed by atoms with van der Waals surface area (Å²) in [6.45, 7) is 1.77. The SMILES string of the molecule is Cl.Nc1cccc2c1CCN(CC1CC1)C2=O. The van der Waals surface area contributed by atoms with Crippen LogP contribution in [0.4, 0.5) is 5.69 Å². The number of carbonyl (C=O) groups excluding carboxylic acids is 1. The summed E-state index contributed by atoms with van der Waals surface area (Å²) in [5.41, 5.74) is 8.51. The van der Waals surface area contributed by atoms with Gasteiger partial charge in [0.1, 0.15) is 0 Å². The third kappa shape index (κ3) is 2.25. The van der Waals surface area contributed by atoms with E-state index in [1.54, 1.807) is 0 Å². The van der Waals surface area contributed by atoms with Crippen LogP contribution in [-0.4, -0.2) is 23.9 Å². The molecule has 92 valence electrons. The first-order valence-corrected chi connectivity index (χ1v) is 5.92. The Labute approximate surface area is 107 Å². The zero-order chi connectivity index (χ0) is 11.1. The smallest absolute Gasteiger partial charge is 0.254 e. The van der Waals surface area contributed by atoms with Crippen LogP contribution in [0.5, 0.6) is 0 Å². The highest BCUT2D eigenvalue weighted by Gasteiger charge is 2.30. The molecule has 0 spiro atoms. The van der Waals surface area contributed by atoms with Crippen LogP contribution in [0, 0.1) is 5.92 Å². The third-order valence-electron chi connectivity index (χ3n) is 3.54. The molecule has 1 aromatic carbocycles. The minimum Gasteiger partial charge on any atom is -0.398 e. The number of nitrogen functional groups attached to an aromatic ring is 1. The topological polar surface area (TPSA) is 46.3 Å². The zero-order valence-electron chi connectivity index (χ0n) is 9.69. The molecule has 0 radical (unpaired) electrons. The summed E-state index contributed by atoms with van der Waals surface area (Å²) in [6.07, 6.45) is 3.47. The Balaban J connectivity index is 0.00000108. The maximum atomic E-state index is 12.2. The number of nitrogens with two attached hydrogens (primary N) is 1. The van der Waals surface area contributed by atoms with Crippen molar-refractivity contribution in [1.82, 2.24) is 4.90 Å². The van der Waals surface area contributed by atoms with Crippen molar-refractivity contribution in [2.45, 2.75) is 19.3 Å². The number of benzene rings is 1. The molecule has 0 unspecified atom stereocenters. The van der Waals surface area contributed by atoms with Gasteiger partial charge in [0, 0.05) is 24.3 Å². The summed E-state index contributed by atoms with van der Waals surface area (Å²) in [7, 11) is 0. The van der Waals surface area contributed by atoms with Crippen molar-refractivity contribution in [3.63, 3.8) is 0 Å². The lowest BCUT2D eigenvalue weighted by molar-refractivity contribution is 0.0732. The van der Waals surface area contributed by atoms with E-state index in [0.29, 0.717) is 0 Å². The first-order chi connectivity index (χ1) is 7.75. The Bertz CT molecular complexity index is 443. The maximum absolute atomic E-state index is 12.2. The van der Waals surface area contributed by atoms with Crippen LogP contribution < -0.4 is 5.73 Å². The molecule has 1 aliphatic carbocycles. The van der Waals surface area contributed by atoms with Crippen LogP contribution in [0.25, 0.3) is 0 Å². The lowest BCUT2D eigenvalue weighted by atomic mass is 9.97. The average molecular weight is 253 g/mol. The van der Waals surface area contributed by atoms with Crippen LogP contribution in [0.2, 0.25) is 0 Å². The van der Waals surface area contributed by atoms with Gasteiger partial charge >= 0.3 is 0 Å². The number of nitrogens with zero attached hydrogens (tertiary/aromatic N) is 1. The van der Waals surface area contributed by atoms with Gasteiger partial charge in [0.05, 0.1) is 0 Å². The van der Waals surface area contributed by atoms with Crippen LogP contribution in [0.3, 0.4) is 0 Å². The predicted molar refractivity (Wildman–Crippen MR) is 70.4 cm³/mol. The largest absolute Gasteiger partial charge is 0.398 e. The summed E-state index contributed by atoms with van der Waals surface area (Å²) in [6, 6.07) is 5.64. The van der Waals surface area contributed by atoms with Gasteiger partial charge < -0.3 is 10.6 Å². The molecule has 2 aliphatic rings. The van der Waals surface area contributed by atoms with Gasteiger partial charge in [-0.2, -0.15) is 0 Å². The number of hydrogen-bond donors (Lipinski definition) is 1. The second-order valence-electron chi connectivity index (χ2n) is 4.82. The van der Waals surface area contributed by atoms with Crippen LogP contribution in [-0.2, 0) is 6.42 Å². The molecular formula is C13H17ClN2O. The highest BCUT2D eigenvalue weighted by Crippen LogP contribution is 2.32. The monoisotopic (exact) mass is 252 g/mol. The van der Waals surface area contributed by atoms with E-state index in [2.05, 4.69) is 0 Å². The molecule has 3 nitrogen and oxygen atoms in total. The third-order valence-corrected chi connectivity index (χ3v) is 3.54. The van der Waals surface area contributed by atoms with Crippen molar-refractivity contribution in [2.24, 2.45) is 5.92 Å². The lowest BCUT2D eigenvalue weighted by Crippen LogP contribution is -2.39. The van der Waals surface area contributed by atoms with Crippen molar-refractivity contribution in [3.05, 3.63) is 29.3 Å². The van der Waals surface area contributed by atoms with Crippen molar-refractivity contribution in [2.75, 3.05) is 18.8 Å². The Kier molecular flexibility index (Phi) is 3.29. The molecule has 1 aromatic rings. The molecule has 1 amide bonds. The first kappa shape index (κ1) is 12.2. The van der Waals surface area contributed by atoms with E-state index in [1.807, 2.05) is 23.1 Å². The molecule has 1 aliphatic heterocycles. The van der Waals surface area contributed by atoms with Gasteiger partial charge in [-0.3, -0.25) is 4.79 Å². The Morgan fingerprint density at radius 1 is 1.35 bits per heavy atom. The Morgan fingerprint density at radius 2 is 2.12 bits per heavy atom. The van der Waals surface area contributed by atoms with Crippen molar-refractivity contribution < 1.29 is 4.79 Å². The molecule has 17 heavy (non-hydrogen) atoms. The molecule has 0 aromatic heterocycles.